The minimum Gasteiger partial charge on any atom is -0.512 e. The molecule has 0 spiro atoms. The fourth-order valence-corrected chi connectivity index (χ4v) is 3.48. The zero-order chi connectivity index (χ0) is 24.5. The predicted molar refractivity (Wildman–Crippen MR) is 133 cm³/mol. The molecule has 0 aliphatic rings. The molecule has 35 heavy (non-hydrogen) atoms. The molecule has 0 unspecified atom stereocenters. The van der Waals surface area contributed by atoms with Crippen molar-refractivity contribution in [1.29, 1.82) is 5.26 Å². The Hall–Kier alpha value is -3.85. The van der Waals surface area contributed by atoms with E-state index in [2.05, 4.69) is 47.0 Å². The van der Waals surface area contributed by atoms with Gasteiger partial charge in [0.1, 0.15) is 0 Å². The third kappa shape index (κ3) is 7.07. The van der Waals surface area contributed by atoms with Crippen LogP contribution in [0.4, 0.5) is 0 Å². The summed E-state index contributed by atoms with van der Waals surface area (Å²) in [4.78, 5) is 13.1. The van der Waals surface area contributed by atoms with Crippen LogP contribution < -0.4 is 0 Å². The Labute approximate surface area is 220 Å². The van der Waals surface area contributed by atoms with E-state index >= 15 is 0 Å². The standard InChI is InChI=1S/C16H17N4.C11H8N.CN.Ir/c1-11-5-12(2)14(16-8-20(4)10-18-16)6-13(11)15-7-19(3)9-17-15;1-2-6-10(7-3-1)11-8-4-5-9-12-11;1-2;/h5,7-10H,1-4H3;1-6,8-9H;;/q3*-1;+3. The predicted octanol–water partition coefficient (Wildman–Crippen LogP) is 5.55. The van der Waals surface area contributed by atoms with Gasteiger partial charge in [0.25, 0.3) is 0 Å². The fourth-order valence-electron chi connectivity index (χ4n) is 3.48. The Morgan fingerprint density at radius 3 is 1.77 bits per heavy atom. The van der Waals surface area contributed by atoms with E-state index in [1.165, 1.54) is 11.1 Å². The fraction of sp³-hybridized carbons (Fsp3) is 0.143. The van der Waals surface area contributed by atoms with Crippen LogP contribution >= 0.6 is 0 Å². The van der Waals surface area contributed by atoms with E-state index in [-0.39, 0.29) is 20.1 Å². The minimum absolute atomic E-state index is 0. The molecule has 0 bridgehead atoms. The van der Waals surface area contributed by atoms with Gasteiger partial charge >= 0.3 is 20.1 Å². The summed E-state index contributed by atoms with van der Waals surface area (Å²) in [5.74, 6) is 0. The molecular weight excluding hydrogens is 613 g/mol. The van der Waals surface area contributed by atoms with Gasteiger partial charge in [-0.05, 0) is 24.2 Å². The van der Waals surface area contributed by atoms with Crippen LogP contribution in [-0.4, -0.2) is 24.1 Å². The van der Waals surface area contributed by atoms with Crippen LogP contribution in [0.15, 0.2) is 79.8 Å². The molecule has 0 N–H and O–H groups in total. The van der Waals surface area contributed by atoms with Gasteiger partial charge in [-0.1, -0.05) is 37.1 Å². The number of nitrogens with zero attached hydrogens (tertiary/aromatic N) is 6. The molecule has 6 nitrogen and oxygen atoms in total. The molecule has 0 aliphatic heterocycles. The smallest absolute Gasteiger partial charge is 0.512 e. The molecule has 2 aromatic carbocycles. The van der Waals surface area contributed by atoms with Gasteiger partial charge < -0.3 is 26.0 Å². The van der Waals surface area contributed by atoms with Gasteiger partial charge in [0.15, 0.2) is 0 Å². The van der Waals surface area contributed by atoms with Crippen LogP contribution in [0.1, 0.15) is 11.1 Å². The third-order valence-corrected chi connectivity index (χ3v) is 5.04. The maximum atomic E-state index is 6.25. The van der Waals surface area contributed by atoms with Gasteiger partial charge in [-0.2, -0.15) is 0 Å². The normalized spacial score (nSPS) is 9.66. The van der Waals surface area contributed by atoms with Crippen LogP contribution in [0.25, 0.3) is 33.8 Å². The number of hydrogen-bond acceptors (Lipinski definition) is 4. The van der Waals surface area contributed by atoms with Crippen molar-refractivity contribution in [3.8, 4) is 33.8 Å². The Bertz CT molecular complexity index is 1260. The van der Waals surface area contributed by atoms with E-state index in [0.29, 0.717) is 0 Å². The molecule has 7 heteroatoms. The summed E-state index contributed by atoms with van der Waals surface area (Å²) in [5, 5.41) is 6.25. The summed E-state index contributed by atoms with van der Waals surface area (Å²) in [6, 6.07) is 22.5. The zero-order valence-corrected chi connectivity index (χ0v) is 22.4. The first kappa shape index (κ1) is 27.4. The van der Waals surface area contributed by atoms with Gasteiger partial charge in [-0.3, -0.25) is 9.97 Å². The molecule has 3 heterocycles. The molecule has 0 atom stereocenters. The minimum atomic E-state index is 0. The van der Waals surface area contributed by atoms with Crippen molar-refractivity contribution in [3.05, 3.63) is 110 Å². The van der Waals surface area contributed by atoms with Crippen LogP contribution in [0.3, 0.4) is 0 Å². The maximum absolute atomic E-state index is 6.25. The van der Waals surface area contributed by atoms with E-state index in [4.69, 9.17) is 11.8 Å². The molecule has 176 valence electrons. The summed E-state index contributed by atoms with van der Waals surface area (Å²) in [7, 11) is 3.94. The van der Waals surface area contributed by atoms with Gasteiger partial charge in [-0.15, -0.1) is 59.2 Å². The second-order valence-corrected chi connectivity index (χ2v) is 7.73. The molecular formula is C28H25IrN6. The van der Waals surface area contributed by atoms with E-state index in [9.17, 15) is 0 Å². The van der Waals surface area contributed by atoms with E-state index < -0.39 is 0 Å². The van der Waals surface area contributed by atoms with Gasteiger partial charge in [0, 0.05) is 31.7 Å². The largest absolute Gasteiger partial charge is 3.00 e. The monoisotopic (exact) mass is 638 g/mol. The van der Waals surface area contributed by atoms with E-state index in [1.54, 1.807) is 6.20 Å². The molecule has 0 saturated heterocycles. The summed E-state index contributed by atoms with van der Waals surface area (Å²) >= 11 is 0. The van der Waals surface area contributed by atoms with Gasteiger partial charge in [-0.25, -0.2) is 0 Å². The molecule has 0 saturated carbocycles. The van der Waals surface area contributed by atoms with E-state index in [0.717, 1.165) is 33.8 Å². The van der Waals surface area contributed by atoms with Crippen LogP contribution in [0.2, 0.25) is 0 Å². The number of aryl methyl sites for hydroxylation is 4. The summed E-state index contributed by atoms with van der Waals surface area (Å²) in [6.07, 6.45) is 9.43. The second kappa shape index (κ2) is 13.1. The number of rotatable bonds is 3. The Balaban J connectivity index is 0.000000247. The molecule has 0 fully saturated rings. The van der Waals surface area contributed by atoms with E-state index in [1.807, 2.05) is 90.7 Å². The third-order valence-electron chi connectivity index (χ3n) is 5.04. The first-order valence-electron chi connectivity index (χ1n) is 10.6. The summed E-state index contributed by atoms with van der Waals surface area (Å²) in [5.41, 5.74) is 8.34. The average molecular weight is 638 g/mol. The Morgan fingerprint density at radius 1 is 0.771 bits per heavy atom. The van der Waals surface area contributed by atoms with Crippen LogP contribution in [-0.2, 0) is 34.2 Å². The molecule has 5 aromatic rings. The van der Waals surface area contributed by atoms with Crippen molar-refractivity contribution in [3.63, 3.8) is 0 Å². The number of imidazole rings is 2. The number of hydrogen-bond donors (Lipinski definition) is 0. The Kier molecular flexibility index (Phi) is 10.3. The maximum Gasteiger partial charge on any atom is 3.00 e. The average Bonchev–Trinajstić information content (AvgIpc) is 3.50. The van der Waals surface area contributed by atoms with Crippen LogP contribution in [0, 0.1) is 37.8 Å². The zero-order valence-electron chi connectivity index (χ0n) is 20.0. The van der Waals surface area contributed by atoms with Crippen molar-refractivity contribution in [1.82, 2.24) is 24.1 Å². The van der Waals surface area contributed by atoms with Crippen LogP contribution in [0.5, 0.6) is 0 Å². The SMILES string of the molecule is Cc1cc(C)c(-c2cn(C)cn2)[c-]c1-c1cn(C)cn1.[C-]#N.[Ir+3].[c-]1ccccc1-c1ccccn1. The topological polar surface area (TPSA) is 72.3 Å². The van der Waals surface area contributed by atoms with Gasteiger partial charge in [0.05, 0.1) is 12.7 Å². The van der Waals surface area contributed by atoms with Crippen molar-refractivity contribution < 1.29 is 20.1 Å². The molecule has 5 rings (SSSR count). The van der Waals surface area contributed by atoms with Crippen molar-refractivity contribution >= 4 is 0 Å². The molecule has 0 radical (unpaired) electrons. The first-order chi connectivity index (χ1) is 16.5. The van der Waals surface area contributed by atoms with Crippen molar-refractivity contribution in [2.45, 2.75) is 13.8 Å². The van der Waals surface area contributed by atoms with Crippen molar-refractivity contribution in [2.75, 3.05) is 0 Å². The number of pyridine rings is 1. The first-order valence-corrected chi connectivity index (χ1v) is 10.6. The second-order valence-electron chi connectivity index (χ2n) is 7.73. The molecule has 3 aromatic heterocycles. The molecule has 0 amide bonds. The number of aromatic nitrogens is 5. The Morgan fingerprint density at radius 2 is 1.34 bits per heavy atom. The van der Waals surface area contributed by atoms with Crippen molar-refractivity contribution in [2.24, 2.45) is 14.1 Å². The molecule has 0 aliphatic carbocycles. The summed E-state index contributed by atoms with van der Waals surface area (Å²) in [6.45, 7) is 8.94. The quantitative estimate of drug-likeness (QED) is 0.244. The van der Waals surface area contributed by atoms with Gasteiger partial charge in [0.2, 0.25) is 0 Å². The number of benzene rings is 2. The summed E-state index contributed by atoms with van der Waals surface area (Å²) < 4.78 is 3.89.